The maximum absolute atomic E-state index is 13.5. The van der Waals surface area contributed by atoms with Crippen LogP contribution in [0.1, 0.15) is 24.2 Å². The summed E-state index contributed by atoms with van der Waals surface area (Å²) in [6, 6.07) is 1.91. The molecule has 0 fully saturated rings. The van der Waals surface area contributed by atoms with Gasteiger partial charge in [0, 0.05) is 4.47 Å². The maximum atomic E-state index is 13.5. The van der Waals surface area contributed by atoms with E-state index in [2.05, 4.69) is 21.2 Å². The van der Waals surface area contributed by atoms with Crippen LogP contribution in [0.2, 0.25) is 0 Å². The number of hydrogen-bond donors (Lipinski definition) is 2. The summed E-state index contributed by atoms with van der Waals surface area (Å²) >= 11 is 2.90. The van der Waals surface area contributed by atoms with Crippen molar-refractivity contribution in [2.75, 3.05) is 0 Å². The predicted molar refractivity (Wildman–Crippen MR) is 64.8 cm³/mol. The zero-order chi connectivity index (χ0) is 14.1. The fourth-order valence-corrected chi connectivity index (χ4v) is 1.57. The summed E-state index contributed by atoms with van der Waals surface area (Å²) in [6.07, 6.45) is 0. The van der Waals surface area contributed by atoms with Gasteiger partial charge in [0.05, 0.1) is 0 Å². The molecule has 1 rings (SSSR count). The quantitative estimate of drug-likeness (QED) is 0.890. The molecule has 1 aromatic carbocycles. The number of nitrogens with two attached hydrogens (primary N) is 1. The first kappa shape index (κ1) is 14.6. The average Bonchev–Trinajstić information content (AvgIpc) is 2.13. The van der Waals surface area contributed by atoms with E-state index in [1.165, 1.54) is 13.8 Å². The van der Waals surface area contributed by atoms with Gasteiger partial charge >= 0.3 is 0 Å². The third-order valence-corrected chi connectivity index (χ3v) is 2.73. The van der Waals surface area contributed by atoms with Gasteiger partial charge in [-0.3, -0.25) is 9.59 Å². The topological polar surface area (TPSA) is 72.2 Å². The zero-order valence-electron chi connectivity index (χ0n) is 9.68. The van der Waals surface area contributed by atoms with Crippen molar-refractivity contribution in [1.29, 1.82) is 0 Å². The monoisotopic (exact) mass is 320 g/mol. The molecule has 0 radical (unpaired) electrons. The number of carbonyl (C=O) groups excluding carboxylic acids is 2. The third kappa shape index (κ3) is 3.04. The minimum atomic E-state index is -1.40. The van der Waals surface area contributed by atoms with Crippen molar-refractivity contribution in [1.82, 2.24) is 5.32 Å². The summed E-state index contributed by atoms with van der Waals surface area (Å²) in [5, 5.41) is 2.16. The van der Waals surface area contributed by atoms with Crippen LogP contribution in [0.25, 0.3) is 0 Å². The Labute approximate surface area is 111 Å². The van der Waals surface area contributed by atoms with E-state index in [1.807, 2.05) is 0 Å². The van der Waals surface area contributed by atoms with Crippen LogP contribution in [0.15, 0.2) is 16.6 Å². The Morgan fingerprint density at radius 1 is 1.28 bits per heavy atom. The van der Waals surface area contributed by atoms with Crippen molar-refractivity contribution in [2.45, 2.75) is 19.4 Å². The van der Waals surface area contributed by atoms with Crippen LogP contribution in [0, 0.1) is 11.6 Å². The highest BCUT2D eigenvalue weighted by Gasteiger charge is 2.29. The molecule has 0 heterocycles. The van der Waals surface area contributed by atoms with Crippen molar-refractivity contribution >= 4 is 27.7 Å². The Morgan fingerprint density at radius 3 is 2.11 bits per heavy atom. The second-order valence-electron chi connectivity index (χ2n) is 4.19. The lowest BCUT2D eigenvalue weighted by atomic mass is 10.0. The van der Waals surface area contributed by atoms with Gasteiger partial charge in [-0.2, -0.15) is 0 Å². The zero-order valence-corrected chi connectivity index (χ0v) is 11.3. The summed E-state index contributed by atoms with van der Waals surface area (Å²) in [5.41, 5.74) is 2.89. The van der Waals surface area contributed by atoms with Gasteiger partial charge in [0.2, 0.25) is 5.91 Å². The molecule has 0 atom stereocenters. The molecule has 0 aliphatic rings. The van der Waals surface area contributed by atoms with Crippen molar-refractivity contribution < 1.29 is 18.4 Å². The van der Waals surface area contributed by atoms with Gasteiger partial charge in [-0.25, -0.2) is 8.78 Å². The molecule has 0 aliphatic heterocycles. The first-order chi connectivity index (χ1) is 8.15. The van der Waals surface area contributed by atoms with Crippen molar-refractivity contribution in [2.24, 2.45) is 5.73 Å². The molecule has 18 heavy (non-hydrogen) atoms. The van der Waals surface area contributed by atoms with Gasteiger partial charge in [0.15, 0.2) is 0 Å². The summed E-state index contributed by atoms with van der Waals surface area (Å²) < 4.78 is 27.2. The highest BCUT2D eigenvalue weighted by atomic mass is 79.9. The van der Waals surface area contributed by atoms with Gasteiger partial charge in [0.25, 0.3) is 5.91 Å². The normalized spacial score (nSPS) is 11.2. The Morgan fingerprint density at radius 2 is 1.72 bits per heavy atom. The summed E-state index contributed by atoms with van der Waals surface area (Å²) in [7, 11) is 0. The highest BCUT2D eigenvalue weighted by molar-refractivity contribution is 9.10. The largest absolute Gasteiger partial charge is 0.368 e. The lowest BCUT2D eigenvalue weighted by Crippen LogP contribution is -2.53. The van der Waals surface area contributed by atoms with Crippen LogP contribution < -0.4 is 11.1 Å². The number of benzene rings is 1. The molecule has 0 saturated heterocycles. The first-order valence-corrected chi connectivity index (χ1v) is 5.71. The molecule has 2 amide bonds. The Balaban J connectivity index is 3.10. The fourth-order valence-electron chi connectivity index (χ4n) is 1.17. The predicted octanol–water partition coefficient (Wildman–Crippen LogP) is 1.72. The van der Waals surface area contributed by atoms with Crippen LogP contribution in [-0.4, -0.2) is 17.4 Å². The minimum Gasteiger partial charge on any atom is -0.368 e. The molecule has 7 heteroatoms. The van der Waals surface area contributed by atoms with E-state index in [0.717, 1.165) is 12.1 Å². The third-order valence-electron chi connectivity index (χ3n) is 2.28. The summed E-state index contributed by atoms with van der Waals surface area (Å²) in [6.45, 7) is 2.67. The second-order valence-corrected chi connectivity index (χ2v) is 5.10. The fraction of sp³-hybridized carbons (Fsp3) is 0.273. The second kappa shape index (κ2) is 5.01. The molecule has 0 aromatic heterocycles. The molecule has 0 aliphatic carbocycles. The molecular weight excluding hydrogens is 310 g/mol. The van der Waals surface area contributed by atoms with Crippen LogP contribution >= 0.6 is 15.9 Å². The molecule has 0 unspecified atom stereocenters. The molecule has 3 N–H and O–H groups in total. The lowest BCUT2D eigenvalue weighted by molar-refractivity contribution is -0.122. The average molecular weight is 321 g/mol. The SMILES string of the molecule is CC(C)(NC(=O)c1c(F)cc(Br)cc1F)C(N)=O. The molecule has 1 aromatic rings. The van der Waals surface area contributed by atoms with E-state index >= 15 is 0 Å². The van der Waals surface area contributed by atoms with Crippen molar-refractivity contribution in [3.63, 3.8) is 0 Å². The first-order valence-electron chi connectivity index (χ1n) is 4.92. The maximum Gasteiger partial charge on any atom is 0.258 e. The van der Waals surface area contributed by atoms with Crippen LogP contribution in [0.4, 0.5) is 8.78 Å². The lowest BCUT2D eigenvalue weighted by Gasteiger charge is -2.22. The van der Waals surface area contributed by atoms with E-state index in [0.29, 0.717) is 0 Å². The highest BCUT2D eigenvalue weighted by Crippen LogP contribution is 2.20. The number of halogens is 3. The van der Waals surface area contributed by atoms with E-state index in [9.17, 15) is 18.4 Å². The van der Waals surface area contributed by atoms with Crippen LogP contribution in [-0.2, 0) is 4.79 Å². The van der Waals surface area contributed by atoms with Gasteiger partial charge in [-0.1, -0.05) is 15.9 Å². The minimum absolute atomic E-state index is 0.170. The van der Waals surface area contributed by atoms with E-state index in [4.69, 9.17) is 5.73 Å². The number of hydrogen-bond acceptors (Lipinski definition) is 2. The Kier molecular flexibility index (Phi) is 4.05. The van der Waals surface area contributed by atoms with Crippen LogP contribution in [0.3, 0.4) is 0 Å². The van der Waals surface area contributed by atoms with Gasteiger partial charge < -0.3 is 11.1 Å². The number of rotatable bonds is 3. The Hall–Kier alpha value is -1.50. The van der Waals surface area contributed by atoms with E-state index < -0.39 is 34.6 Å². The summed E-state index contributed by atoms with van der Waals surface area (Å²) in [5.74, 6) is -3.91. The number of nitrogens with one attached hydrogen (secondary N) is 1. The number of amides is 2. The Bertz CT molecular complexity index is 495. The van der Waals surface area contributed by atoms with Gasteiger partial charge in [-0.05, 0) is 26.0 Å². The van der Waals surface area contributed by atoms with E-state index in [1.54, 1.807) is 0 Å². The van der Waals surface area contributed by atoms with Crippen LogP contribution in [0.5, 0.6) is 0 Å². The van der Waals surface area contributed by atoms with Gasteiger partial charge in [0.1, 0.15) is 22.7 Å². The number of carbonyl (C=O) groups is 2. The van der Waals surface area contributed by atoms with Gasteiger partial charge in [-0.15, -0.1) is 0 Å². The molecule has 4 nitrogen and oxygen atoms in total. The van der Waals surface area contributed by atoms with E-state index in [-0.39, 0.29) is 4.47 Å². The number of primary amides is 1. The molecule has 0 saturated carbocycles. The molecule has 0 bridgehead atoms. The molecule has 0 spiro atoms. The molecular formula is C11H11BrF2N2O2. The standard InChI is InChI=1S/C11H11BrF2N2O2/c1-11(2,10(15)18)16-9(17)8-6(13)3-5(12)4-7(8)14/h3-4H,1-2H3,(H2,15,18)(H,16,17). The van der Waals surface area contributed by atoms with Crippen molar-refractivity contribution in [3.8, 4) is 0 Å². The smallest absolute Gasteiger partial charge is 0.258 e. The summed E-state index contributed by atoms with van der Waals surface area (Å²) in [4.78, 5) is 22.7. The molecule has 98 valence electrons. The van der Waals surface area contributed by atoms with Crippen molar-refractivity contribution in [3.05, 3.63) is 33.8 Å².